The summed E-state index contributed by atoms with van der Waals surface area (Å²) in [5.74, 6) is 0. The highest BCUT2D eigenvalue weighted by Gasteiger charge is 1.96. The van der Waals surface area contributed by atoms with Crippen molar-refractivity contribution in [2.45, 2.75) is 25.7 Å². The highest BCUT2D eigenvalue weighted by atomic mass is 79.9. The molecule has 0 atom stereocenters. The zero-order chi connectivity index (χ0) is 8.81. The maximum absolute atomic E-state index is 3.83. The fourth-order valence-corrected chi connectivity index (χ4v) is 1.68. The minimum absolute atomic E-state index is 1.05. The zero-order valence-corrected chi connectivity index (χ0v) is 8.81. The van der Waals surface area contributed by atoms with Gasteiger partial charge in [0.25, 0.3) is 0 Å². The van der Waals surface area contributed by atoms with Crippen molar-refractivity contribution < 1.29 is 0 Å². The molecule has 0 aliphatic heterocycles. The second-order valence-electron chi connectivity index (χ2n) is 2.90. The van der Waals surface area contributed by atoms with E-state index in [1.807, 2.05) is 0 Å². The zero-order valence-electron chi connectivity index (χ0n) is 7.22. The minimum Gasteiger partial charge on any atom is -0.0619 e. The van der Waals surface area contributed by atoms with Crippen LogP contribution in [0.3, 0.4) is 0 Å². The lowest BCUT2D eigenvalue weighted by atomic mass is 10.1. The Kier molecular flexibility index (Phi) is 4.37. The number of hydrogen-bond acceptors (Lipinski definition) is 0. The van der Waals surface area contributed by atoms with Crippen LogP contribution in [-0.2, 0) is 6.42 Å². The van der Waals surface area contributed by atoms with E-state index < -0.39 is 0 Å². The molecule has 0 unspecified atom stereocenters. The molecule has 0 aliphatic rings. The van der Waals surface area contributed by atoms with Crippen molar-refractivity contribution in [2.75, 3.05) is 0 Å². The van der Waals surface area contributed by atoms with Crippen LogP contribution in [0.2, 0.25) is 0 Å². The van der Waals surface area contributed by atoms with Crippen LogP contribution in [-0.4, -0.2) is 0 Å². The smallest absolute Gasteiger partial charge is 0.0207 e. The van der Waals surface area contributed by atoms with E-state index in [9.17, 15) is 0 Å². The quantitative estimate of drug-likeness (QED) is 0.681. The maximum Gasteiger partial charge on any atom is 0.0207 e. The van der Waals surface area contributed by atoms with E-state index >= 15 is 0 Å². The number of benzene rings is 1. The van der Waals surface area contributed by atoms with Crippen molar-refractivity contribution in [3.05, 3.63) is 41.2 Å². The SMILES string of the molecule is [CH2]CCCCc1ccccc1Br. The lowest BCUT2D eigenvalue weighted by molar-refractivity contribution is 0.744. The fraction of sp³-hybridized carbons (Fsp3) is 0.364. The Morgan fingerprint density at radius 1 is 1.17 bits per heavy atom. The Labute approximate surface area is 83.1 Å². The summed E-state index contributed by atoms with van der Waals surface area (Å²) in [4.78, 5) is 0. The molecule has 0 aliphatic carbocycles. The molecule has 0 spiro atoms. The summed E-state index contributed by atoms with van der Waals surface area (Å²) in [6.07, 6.45) is 4.68. The molecule has 0 amide bonds. The van der Waals surface area contributed by atoms with Crippen LogP contribution in [0.15, 0.2) is 28.7 Å². The van der Waals surface area contributed by atoms with E-state index in [1.54, 1.807) is 0 Å². The highest BCUT2D eigenvalue weighted by Crippen LogP contribution is 2.17. The second kappa shape index (κ2) is 5.36. The average molecular weight is 226 g/mol. The number of aryl methyl sites for hydroxylation is 1. The van der Waals surface area contributed by atoms with Crippen LogP contribution >= 0.6 is 15.9 Å². The van der Waals surface area contributed by atoms with Gasteiger partial charge in [-0.1, -0.05) is 53.9 Å². The molecule has 0 heterocycles. The molecule has 0 aromatic heterocycles. The normalized spacial score (nSPS) is 10.2. The molecule has 0 fully saturated rings. The third kappa shape index (κ3) is 2.98. The predicted octanol–water partition coefficient (Wildman–Crippen LogP) is 4.00. The number of hydrogen-bond donors (Lipinski definition) is 0. The molecule has 12 heavy (non-hydrogen) atoms. The van der Waals surface area contributed by atoms with Gasteiger partial charge in [0.2, 0.25) is 0 Å². The van der Waals surface area contributed by atoms with Gasteiger partial charge in [-0.3, -0.25) is 0 Å². The van der Waals surface area contributed by atoms with Crippen LogP contribution in [0.4, 0.5) is 0 Å². The first kappa shape index (κ1) is 9.79. The molecule has 1 aromatic rings. The van der Waals surface area contributed by atoms with Crippen LogP contribution in [0.25, 0.3) is 0 Å². The van der Waals surface area contributed by atoms with E-state index in [0.717, 1.165) is 12.8 Å². The molecule has 1 heteroatoms. The van der Waals surface area contributed by atoms with Gasteiger partial charge >= 0.3 is 0 Å². The summed E-state index contributed by atoms with van der Waals surface area (Å²) in [6, 6.07) is 8.41. The van der Waals surface area contributed by atoms with Gasteiger partial charge in [0.1, 0.15) is 0 Å². The van der Waals surface area contributed by atoms with Gasteiger partial charge in [-0.2, -0.15) is 0 Å². The van der Waals surface area contributed by atoms with Crippen LogP contribution in [0.1, 0.15) is 24.8 Å². The van der Waals surface area contributed by atoms with Crippen molar-refractivity contribution in [3.8, 4) is 0 Å². The summed E-state index contributed by atoms with van der Waals surface area (Å²) in [6.45, 7) is 3.83. The first-order valence-electron chi connectivity index (χ1n) is 4.37. The van der Waals surface area contributed by atoms with E-state index in [2.05, 4.69) is 47.1 Å². The summed E-state index contributed by atoms with van der Waals surface area (Å²) in [7, 11) is 0. The molecule has 0 N–H and O–H groups in total. The maximum atomic E-state index is 3.83. The second-order valence-corrected chi connectivity index (χ2v) is 3.76. The third-order valence-corrected chi connectivity index (χ3v) is 2.68. The Bertz CT molecular complexity index is 230. The summed E-state index contributed by atoms with van der Waals surface area (Å²) < 4.78 is 1.23. The van der Waals surface area contributed by atoms with Crippen molar-refractivity contribution >= 4 is 15.9 Å². The Hall–Kier alpha value is -0.300. The fourth-order valence-electron chi connectivity index (χ4n) is 1.19. The number of rotatable bonds is 4. The van der Waals surface area contributed by atoms with Gasteiger partial charge < -0.3 is 0 Å². The summed E-state index contributed by atoms with van der Waals surface area (Å²) >= 11 is 3.53. The lowest BCUT2D eigenvalue weighted by Crippen LogP contribution is -1.86. The molecule has 0 saturated carbocycles. The van der Waals surface area contributed by atoms with Gasteiger partial charge in [-0.25, -0.2) is 0 Å². The highest BCUT2D eigenvalue weighted by molar-refractivity contribution is 9.10. The van der Waals surface area contributed by atoms with E-state index in [0.29, 0.717) is 0 Å². The predicted molar refractivity (Wildman–Crippen MR) is 57.1 cm³/mol. The average Bonchev–Trinajstić information content (AvgIpc) is 2.09. The largest absolute Gasteiger partial charge is 0.0619 e. The van der Waals surface area contributed by atoms with Gasteiger partial charge in [0.05, 0.1) is 0 Å². The molecule has 1 radical (unpaired) electrons. The van der Waals surface area contributed by atoms with Crippen LogP contribution in [0.5, 0.6) is 0 Å². The first-order valence-corrected chi connectivity index (χ1v) is 5.16. The minimum atomic E-state index is 1.05. The van der Waals surface area contributed by atoms with Crippen molar-refractivity contribution in [2.24, 2.45) is 0 Å². The molecule has 0 bridgehead atoms. The first-order chi connectivity index (χ1) is 5.84. The van der Waals surface area contributed by atoms with Crippen molar-refractivity contribution in [1.29, 1.82) is 0 Å². The molecular weight excluding hydrogens is 212 g/mol. The van der Waals surface area contributed by atoms with Crippen molar-refractivity contribution in [3.63, 3.8) is 0 Å². The topological polar surface area (TPSA) is 0 Å². The third-order valence-electron chi connectivity index (χ3n) is 1.90. The van der Waals surface area contributed by atoms with Gasteiger partial charge in [0, 0.05) is 4.47 Å². The Morgan fingerprint density at radius 3 is 2.58 bits per heavy atom. The molecule has 1 aromatic carbocycles. The summed E-state index contributed by atoms with van der Waals surface area (Å²) in [5, 5.41) is 0. The molecule has 65 valence electrons. The van der Waals surface area contributed by atoms with Crippen molar-refractivity contribution in [1.82, 2.24) is 0 Å². The van der Waals surface area contributed by atoms with Gasteiger partial charge in [0.15, 0.2) is 0 Å². The van der Waals surface area contributed by atoms with Gasteiger partial charge in [-0.05, 0) is 24.5 Å². The summed E-state index contributed by atoms with van der Waals surface area (Å²) in [5.41, 5.74) is 1.41. The Balaban J connectivity index is 2.46. The number of unbranched alkanes of at least 4 members (excludes halogenated alkanes) is 2. The van der Waals surface area contributed by atoms with E-state index in [-0.39, 0.29) is 0 Å². The molecule has 0 saturated heterocycles. The Morgan fingerprint density at radius 2 is 1.92 bits per heavy atom. The van der Waals surface area contributed by atoms with E-state index in [4.69, 9.17) is 0 Å². The van der Waals surface area contributed by atoms with E-state index in [1.165, 1.54) is 22.9 Å². The standard InChI is InChI=1S/C11H14Br/c1-2-3-4-7-10-8-5-6-9-11(10)12/h5-6,8-9H,1-4,7H2. The number of halogens is 1. The van der Waals surface area contributed by atoms with Gasteiger partial charge in [-0.15, -0.1) is 0 Å². The molecule has 1 rings (SSSR count). The monoisotopic (exact) mass is 225 g/mol. The molecule has 0 nitrogen and oxygen atoms in total. The lowest BCUT2D eigenvalue weighted by Gasteiger charge is -2.02. The van der Waals surface area contributed by atoms with Crippen LogP contribution in [0, 0.1) is 6.92 Å². The van der Waals surface area contributed by atoms with Crippen LogP contribution < -0.4 is 0 Å². The molecular formula is C11H14Br.